The predicted octanol–water partition coefficient (Wildman–Crippen LogP) is 2.20. The number of thioether (sulfide) groups is 2. The molecule has 0 aromatic carbocycles. The summed E-state index contributed by atoms with van der Waals surface area (Å²) in [6.07, 6.45) is 0. The Morgan fingerprint density at radius 1 is 1.09 bits per heavy atom. The zero-order chi connectivity index (χ0) is 8.74. The number of hydrogen-bond donors (Lipinski definition) is 0. The van der Waals surface area contributed by atoms with Crippen molar-refractivity contribution in [3.05, 3.63) is 0 Å². The molecular weight excluding hydrogens is 192 g/mol. The first-order chi connectivity index (χ1) is 5.12. The molecule has 5 heteroatoms. The minimum absolute atomic E-state index is 0.929. The third-order valence-electron chi connectivity index (χ3n) is 1.05. The first-order valence-corrected chi connectivity index (χ1v) is 8.53. The molecule has 0 heterocycles. The smallest absolute Gasteiger partial charge is 0.133 e. The van der Waals surface area contributed by atoms with Gasteiger partial charge in [0.05, 0.1) is 8.07 Å². The summed E-state index contributed by atoms with van der Waals surface area (Å²) in [5.41, 5.74) is 0. The van der Waals surface area contributed by atoms with Gasteiger partial charge < -0.3 is 0 Å². The highest BCUT2D eigenvalue weighted by Crippen LogP contribution is 2.15. The standard InChI is InChI=1S/C6H10N2S2Si/c1-11(2,5-9-3-7)6-10-4-8/h5-6H2,1-2H3. The molecule has 0 aromatic heterocycles. The van der Waals surface area contributed by atoms with E-state index in [9.17, 15) is 0 Å². The molecule has 2 nitrogen and oxygen atoms in total. The van der Waals surface area contributed by atoms with E-state index in [2.05, 4.69) is 23.9 Å². The average molecular weight is 202 g/mol. The first kappa shape index (κ1) is 10.9. The summed E-state index contributed by atoms with van der Waals surface area (Å²) < 4.78 is 0. The molecule has 0 aliphatic carbocycles. The van der Waals surface area contributed by atoms with Crippen LogP contribution in [0.25, 0.3) is 0 Å². The SMILES string of the molecule is C[Si](C)(CSC#N)CSC#N. The summed E-state index contributed by atoms with van der Waals surface area (Å²) in [5, 5.41) is 22.6. The van der Waals surface area contributed by atoms with Crippen LogP contribution in [0.4, 0.5) is 0 Å². The number of nitriles is 2. The number of nitrogens with zero attached hydrogens (tertiary/aromatic N) is 2. The van der Waals surface area contributed by atoms with Crippen molar-refractivity contribution in [2.24, 2.45) is 0 Å². The number of thiocyanates is 2. The molecule has 60 valence electrons. The van der Waals surface area contributed by atoms with E-state index in [0.29, 0.717) is 0 Å². The highest BCUT2D eigenvalue weighted by Gasteiger charge is 2.20. The van der Waals surface area contributed by atoms with Crippen molar-refractivity contribution in [2.75, 3.05) is 10.8 Å². The topological polar surface area (TPSA) is 47.6 Å². The van der Waals surface area contributed by atoms with Crippen LogP contribution in [0.15, 0.2) is 0 Å². The lowest BCUT2D eigenvalue weighted by Gasteiger charge is -2.16. The van der Waals surface area contributed by atoms with Crippen molar-refractivity contribution in [1.29, 1.82) is 10.5 Å². The molecule has 0 aliphatic heterocycles. The van der Waals surface area contributed by atoms with E-state index in [0.717, 1.165) is 10.8 Å². The molecule has 11 heavy (non-hydrogen) atoms. The van der Waals surface area contributed by atoms with Gasteiger partial charge in [-0.15, -0.1) is 0 Å². The van der Waals surface area contributed by atoms with Crippen LogP contribution < -0.4 is 0 Å². The largest absolute Gasteiger partial charge is 0.185 e. The Morgan fingerprint density at radius 2 is 1.45 bits per heavy atom. The summed E-state index contributed by atoms with van der Waals surface area (Å²) in [6, 6.07) is 0. The minimum atomic E-state index is -1.26. The predicted molar refractivity (Wildman–Crippen MR) is 53.6 cm³/mol. The second-order valence-electron chi connectivity index (χ2n) is 2.92. The molecule has 0 aliphatic rings. The summed E-state index contributed by atoms with van der Waals surface area (Å²) >= 11 is 2.62. The highest BCUT2D eigenvalue weighted by atomic mass is 32.2. The fraction of sp³-hybridized carbons (Fsp3) is 0.667. The summed E-state index contributed by atoms with van der Waals surface area (Å²) in [7, 11) is -1.26. The molecule has 0 spiro atoms. The molecule has 0 atom stereocenters. The Kier molecular flexibility index (Phi) is 5.48. The first-order valence-electron chi connectivity index (χ1n) is 3.14. The fourth-order valence-electron chi connectivity index (χ4n) is 0.497. The van der Waals surface area contributed by atoms with Crippen LogP contribution in [-0.2, 0) is 0 Å². The Balaban J connectivity index is 3.64. The molecule has 0 aromatic rings. The van der Waals surface area contributed by atoms with E-state index in [1.807, 2.05) is 0 Å². The van der Waals surface area contributed by atoms with Crippen LogP contribution in [-0.4, -0.2) is 18.8 Å². The van der Waals surface area contributed by atoms with Gasteiger partial charge in [0, 0.05) is 10.8 Å². The van der Waals surface area contributed by atoms with E-state index in [4.69, 9.17) is 10.5 Å². The average Bonchev–Trinajstić information content (AvgIpc) is 1.97. The van der Waals surface area contributed by atoms with Gasteiger partial charge in [-0.25, -0.2) is 0 Å². The molecule has 0 radical (unpaired) electrons. The molecule has 0 saturated carbocycles. The van der Waals surface area contributed by atoms with Gasteiger partial charge in [0.15, 0.2) is 0 Å². The third-order valence-corrected chi connectivity index (χ3v) is 8.72. The van der Waals surface area contributed by atoms with E-state index in [1.54, 1.807) is 0 Å². The van der Waals surface area contributed by atoms with Crippen molar-refractivity contribution in [2.45, 2.75) is 13.1 Å². The van der Waals surface area contributed by atoms with Crippen molar-refractivity contribution in [3.8, 4) is 10.8 Å². The van der Waals surface area contributed by atoms with Crippen molar-refractivity contribution in [3.63, 3.8) is 0 Å². The molecule has 0 rings (SSSR count). The molecular formula is C6H10N2S2Si. The third kappa shape index (κ3) is 6.30. The summed E-state index contributed by atoms with van der Waals surface area (Å²) in [4.78, 5) is 0. The second-order valence-corrected chi connectivity index (χ2v) is 10.5. The lowest BCUT2D eigenvalue weighted by Crippen LogP contribution is -2.33. The number of rotatable bonds is 4. The Labute approximate surface area is 77.0 Å². The highest BCUT2D eigenvalue weighted by molar-refractivity contribution is 8.07. The normalized spacial score (nSPS) is 10.2. The van der Waals surface area contributed by atoms with Gasteiger partial charge in [-0.05, 0) is 23.5 Å². The van der Waals surface area contributed by atoms with Crippen molar-refractivity contribution < 1.29 is 0 Å². The van der Waals surface area contributed by atoms with Crippen molar-refractivity contribution >= 4 is 31.6 Å². The maximum Gasteiger partial charge on any atom is 0.133 e. The Morgan fingerprint density at radius 3 is 1.73 bits per heavy atom. The van der Waals surface area contributed by atoms with Gasteiger partial charge >= 0.3 is 0 Å². The van der Waals surface area contributed by atoms with Gasteiger partial charge in [0.25, 0.3) is 0 Å². The lowest BCUT2D eigenvalue weighted by molar-refractivity contribution is 1.56. The van der Waals surface area contributed by atoms with Crippen LogP contribution >= 0.6 is 23.5 Å². The molecule has 0 N–H and O–H groups in total. The minimum Gasteiger partial charge on any atom is -0.185 e. The maximum atomic E-state index is 8.32. The van der Waals surface area contributed by atoms with E-state index in [-0.39, 0.29) is 0 Å². The van der Waals surface area contributed by atoms with Crippen LogP contribution in [0.3, 0.4) is 0 Å². The maximum absolute atomic E-state index is 8.32. The quantitative estimate of drug-likeness (QED) is 0.518. The van der Waals surface area contributed by atoms with E-state index < -0.39 is 8.07 Å². The van der Waals surface area contributed by atoms with E-state index >= 15 is 0 Å². The zero-order valence-electron chi connectivity index (χ0n) is 6.63. The Bertz CT molecular complexity index is 172. The number of hydrogen-bond acceptors (Lipinski definition) is 4. The van der Waals surface area contributed by atoms with E-state index in [1.165, 1.54) is 23.5 Å². The lowest BCUT2D eigenvalue weighted by atomic mass is 11.7. The molecule has 0 bridgehead atoms. The van der Waals surface area contributed by atoms with Gasteiger partial charge in [-0.1, -0.05) is 13.1 Å². The van der Waals surface area contributed by atoms with Gasteiger partial charge in [-0.2, -0.15) is 10.5 Å². The summed E-state index contributed by atoms with van der Waals surface area (Å²) in [5.74, 6) is 0. The molecule has 0 unspecified atom stereocenters. The monoisotopic (exact) mass is 202 g/mol. The fourth-order valence-corrected chi connectivity index (χ4v) is 5.22. The van der Waals surface area contributed by atoms with Crippen LogP contribution in [0, 0.1) is 21.3 Å². The summed E-state index contributed by atoms with van der Waals surface area (Å²) in [6.45, 7) is 4.39. The molecule has 0 fully saturated rings. The zero-order valence-corrected chi connectivity index (χ0v) is 9.26. The van der Waals surface area contributed by atoms with Crippen molar-refractivity contribution in [1.82, 2.24) is 0 Å². The molecule has 0 amide bonds. The van der Waals surface area contributed by atoms with Gasteiger partial charge in [0.2, 0.25) is 0 Å². The molecule has 0 saturated heterocycles. The Hall–Kier alpha value is -0.103. The second kappa shape index (κ2) is 5.53. The van der Waals surface area contributed by atoms with Crippen LogP contribution in [0.1, 0.15) is 0 Å². The van der Waals surface area contributed by atoms with Crippen LogP contribution in [0.5, 0.6) is 0 Å². The van der Waals surface area contributed by atoms with Gasteiger partial charge in [-0.3, -0.25) is 0 Å². The van der Waals surface area contributed by atoms with Crippen LogP contribution in [0.2, 0.25) is 13.1 Å². The van der Waals surface area contributed by atoms with Gasteiger partial charge in [0.1, 0.15) is 10.8 Å².